The number of carbonyl (C=O) groups is 1. The SMILES string of the molecule is CC(=O)c1cc2c(O[C@@H]3O[C@H](CO)[C@@H](O)[C@H](O)[C@H]3O)cc(O[C@@H]3O[C@H](CO)[C@@H](O)[C@H](O)[C@H]3O)cc2cc1C. The van der Waals surface area contributed by atoms with Gasteiger partial charge in [0.05, 0.1) is 13.2 Å². The fourth-order valence-corrected chi connectivity index (χ4v) is 4.60. The smallest absolute Gasteiger partial charge is 0.229 e. The lowest BCUT2D eigenvalue weighted by Gasteiger charge is -2.40. The number of ether oxygens (including phenoxy) is 4. The molecule has 13 heteroatoms. The highest BCUT2D eigenvalue weighted by Gasteiger charge is 2.46. The summed E-state index contributed by atoms with van der Waals surface area (Å²) in [4.78, 5) is 12.2. The van der Waals surface area contributed by atoms with Gasteiger partial charge in [0, 0.05) is 17.0 Å². The number of rotatable bonds is 7. The van der Waals surface area contributed by atoms with Crippen LogP contribution in [0.15, 0.2) is 24.3 Å². The molecule has 0 radical (unpaired) electrons. The van der Waals surface area contributed by atoms with Crippen molar-refractivity contribution in [3.05, 3.63) is 35.4 Å². The van der Waals surface area contributed by atoms with Crippen molar-refractivity contribution in [1.82, 2.24) is 0 Å². The van der Waals surface area contributed by atoms with Gasteiger partial charge in [-0.25, -0.2) is 0 Å². The van der Waals surface area contributed by atoms with Crippen molar-refractivity contribution in [2.75, 3.05) is 13.2 Å². The summed E-state index contributed by atoms with van der Waals surface area (Å²) < 4.78 is 22.5. The van der Waals surface area contributed by atoms with Crippen molar-refractivity contribution < 1.29 is 64.6 Å². The predicted molar refractivity (Wildman–Crippen MR) is 127 cm³/mol. The minimum atomic E-state index is -1.71. The molecule has 13 nitrogen and oxygen atoms in total. The molecule has 8 N–H and O–H groups in total. The Labute approximate surface area is 217 Å². The monoisotopic (exact) mass is 540 g/mol. The molecular weight excluding hydrogens is 508 g/mol. The zero-order chi connectivity index (χ0) is 27.9. The van der Waals surface area contributed by atoms with E-state index >= 15 is 0 Å². The zero-order valence-corrected chi connectivity index (χ0v) is 20.6. The number of Topliss-reactive ketones (excluding diaryl/α,β-unsaturated/α-hetero) is 1. The summed E-state index contributed by atoms with van der Waals surface area (Å²) in [5.74, 6) is -0.171. The predicted octanol–water partition coefficient (Wildman–Crippen LogP) is -2.29. The Kier molecular flexibility index (Phi) is 8.54. The first-order chi connectivity index (χ1) is 18.0. The Morgan fingerprint density at radius 2 is 1.29 bits per heavy atom. The number of carbonyl (C=O) groups excluding carboxylic acids is 1. The van der Waals surface area contributed by atoms with Crippen LogP contribution in [0.4, 0.5) is 0 Å². The lowest BCUT2D eigenvalue weighted by molar-refractivity contribution is -0.278. The molecule has 2 aromatic rings. The highest BCUT2D eigenvalue weighted by Crippen LogP contribution is 2.37. The highest BCUT2D eigenvalue weighted by molar-refractivity contribution is 6.02. The zero-order valence-electron chi connectivity index (χ0n) is 20.6. The Hall–Kier alpha value is -2.43. The van der Waals surface area contributed by atoms with Crippen LogP contribution in [0.3, 0.4) is 0 Å². The van der Waals surface area contributed by atoms with Crippen LogP contribution in [0.5, 0.6) is 11.5 Å². The van der Waals surface area contributed by atoms with Crippen molar-refractivity contribution in [2.24, 2.45) is 0 Å². The second kappa shape index (κ2) is 11.4. The molecular formula is C25H32O13. The Morgan fingerprint density at radius 1 is 0.763 bits per heavy atom. The second-order valence-corrected chi connectivity index (χ2v) is 9.50. The molecule has 0 aliphatic carbocycles. The minimum Gasteiger partial charge on any atom is -0.462 e. The van der Waals surface area contributed by atoms with E-state index in [9.17, 15) is 45.6 Å². The fraction of sp³-hybridized carbons (Fsp3) is 0.560. The van der Waals surface area contributed by atoms with Gasteiger partial charge in [0.25, 0.3) is 0 Å². The normalized spacial score (nSPS) is 35.7. The van der Waals surface area contributed by atoms with Crippen LogP contribution in [0.1, 0.15) is 22.8 Å². The third-order valence-corrected chi connectivity index (χ3v) is 6.80. The number of hydrogen-bond acceptors (Lipinski definition) is 13. The number of fused-ring (bicyclic) bond motifs is 1. The first kappa shape index (κ1) is 28.6. The third kappa shape index (κ3) is 5.35. The molecule has 2 aromatic carbocycles. The number of hydrogen-bond donors (Lipinski definition) is 8. The number of ketones is 1. The molecule has 210 valence electrons. The molecule has 0 spiro atoms. The van der Waals surface area contributed by atoms with Gasteiger partial charge in [-0.1, -0.05) is 6.07 Å². The maximum Gasteiger partial charge on any atom is 0.229 e. The van der Waals surface area contributed by atoms with Crippen molar-refractivity contribution in [3.63, 3.8) is 0 Å². The molecule has 0 aromatic heterocycles. The summed E-state index contributed by atoms with van der Waals surface area (Å²) in [6.45, 7) is 1.79. The van der Waals surface area contributed by atoms with Crippen molar-refractivity contribution in [3.8, 4) is 11.5 Å². The molecule has 2 heterocycles. The molecule has 0 bridgehead atoms. The number of benzene rings is 2. The molecule has 0 saturated carbocycles. The van der Waals surface area contributed by atoms with Crippen molar-refractivity contribution in [1.29, 1.82) is 0 Å². The maximum absolute atomic E-state index is 12.2. The van der Waals surface area contributed by atoms with Crippen LogP contribution in [0.25, 0.3) is 10.8 Å². The summed E-state index contributed by atoms with van der Waals surface area (Å²) in [5.41, 5.74) is 1.02. The molecule has 2 fully saturated rings. The third-order valence-electron chi connectivity index (χ3n) is 6.80. The van der Waals surface area contributed by atoms with E-state index in [1.165, 1.54) is 19.1 Å². The van der Waals surface area contributed by atoms with Gasteiger partial charge in [-0.15, -0.1) is 0 Å². The van der Waals surface area contributed by atoms with Gasteiger partial charge in [-0.3, -0.25) is 4.79 Å². The van der Waals surface area contributed by atoms with Crippen LogP contribution < -0.4 is 9.47 Å². The molecule has 2 aliphatic heterocycles. The van der Waals surface area contributed by atoms with Gasteiger partial charge in [-0.2, -0.15) is 0 Å². The second-order valence-electron chi connectivity index (χ2n) is 9.50. The van der Waals surface area contributed by atoms with Gasteiger partial charge in [0.2, 0.25) is 12.6 Å². The van der Waals surface area contributed by atoms with Gasteiger partial charge in [0.1, 0.15) is 60.3 Å². The van der Waals surface area contributed by atoms with E-state index < -0.39 is 74.6 Å². The van der Waals surface area contributed by atoms with Crippen LogP contribution in [0.2, 0.25) is 0 Å². The van der Waals surface area contributed by atoms with E-state index in [1.54, 1.807) is 19.1 Å². The number of aliphatic hydroxyl groups excluding tert-OH is 8. The topological polar surface area (TPSA) is 216 Å². The molecule has 2 aliphatic rings. The number of aliphatic hydroxyl groups is 8. The molecule has 0 unspecified atom stereocenters. The Bertz CT molecular complexity index is 1150. The summed E-state index contributed by atoms with van der Waals surface area (Å²) in [6, 6.07) is 6.09. The quantitative estimate of drug-likeness (QED) is 0.174. The first-order valence-corrected chi connectivity index (χ1v) is 12.0. The van der Waals surface area contributed by atoms with Gasteiger partial charge in [-0.05, 0) is 36.9 Å². The summed E-state index contributed by atoms with van der Waals surface area (Å²) in [5, 5.41) is 81.0. The van der Waals surface area contributed by atoms with Crippen molar-refractivity contribution >= 4 is 16.6 Å². The van der Waals surface area contributed by atoms with Gasteiger partial charge < -0.3 is 59.8 Å². The Balaban J connectivity index is 1.74. The average Bonchev–Trinajstić information content (AvgIpc) is 2.88. The van der Waals surface area contributed by atoms with E-state index in [1.807, 2.05) is 0 Å². The van der Waals surface area contributed by atoms with Crippen LogP contribution >= 0.6 is 0 Å². The molecule has 38 heavy (non-hydrogen) atoms. The summed E-state index contributed by atoms with van der Waals surface area (Å²) in [7, 11) is 0. The minimum absolute atomic E-state index is 0.00826. The first-order valence-electron chi connectivity index (χ1n) is 12.0. The lowest BCUT2D eigenvalue weighted by Crippen LogP contribution is -2.60. The van der Waals surface area contributed by atoms with E-state index in [0.717, 1.165) is 0 Å². The lowest BCUT2D eigenvalue weighted by atomic mass is 9.98. The highest BCUT2D eigenvalue weighted by atomic mass is 16.7. The van der Waals surface area contributed by atoms with E-state index in [2.05, 4.69) is 0 Å². The van der Waals surface area contributed by atoms with Crippen LogP contribution in [0, 0.1) is 6.92 Å². The molecule has 2 saturated heterocycles. The van der Waals surface area contributed by atoms with Crippen molar-refractivity contribution in [2.45, 2.75) is 75.3 Å². The number of aryl methyl sites for hydroxylation is 1. The van der Waals surface area contributed by atoms with E-state index in [4.69, 9.17) is 18.9 Å². The maximum atomic E-state index is 12.2. The van der Waals surface area contributed by atoms with Crippen LogP contribution in [-0.2, 0) is 9.47 Å². The molecule has 10 atom stereocenters. The molecule has 0 amide bonds. The van der Waals surface area contributed by atoms with Gasteiger partial charge in [0.15, 0.2) is 5.78 Å². The fourth-order valence-electron chi connectivity index (χ4n) is 4.60. The summed E-state index contributed by atoms with van der Waals surface area (Å²) >= 11 is 0. The largest absolute Gasteiger partial charge is 0.462 e. The van der Waals surface area contributed by atoms with E-state index in [0.29, 0.717) is 21.9 Å². The van der Waals surface area contributed by atoms with Gasteiger partial charge >= 0.3 is 0 Å². The van der Waals surface area contributed by atoms with Crippen LogP contribution in [-0.4, -0.2) is 121 Å². The Morgan fingerprint density at radius 3 is 1.79 bits per heavy atom. The summed E-state index contributed by atoms with van der Waals surface area (Å²) in [6.07, 6.45) is -15.4. The molecule has 4 rings (SSSR count). The standard InChI is InChI=1S/C25H32O13/c1-9-3-11-4-12(35-24-22(33)20(31)18(29)16(7-26)37-24)5-15(14(11)6-13(9)10(2)28)36-25-23(34)21(32)19(30)17(8-27)38-25/h3-6,16-27,29-34H,7-8H2,1-2H3/t16-,17-,18-,19-,20+,21+,22-,23-,24-,25-/m1/s1. The average molecular weight is 541 g/mol. The van der Waals surface area contributed by atoms with E-state index in [-0.39, 0.29) is 17.3 Å².